The Balaban J connectivity index is 1.30. The summed E-state index contributed by atoms with van der Waals surface area (Å²) in [4.78, 5) is 26.0. The maximum Gasteiger partial charge on any atom is 0.338 e. The molecule has 0 saturated carbocycles. The molecule has 0 unspecified atom stereocenters. The molecule has 2 amide bonds. The highest BCUT2D eigenvalue weighted by Gasteiger charge is 2.21. The number of para-hydroxylation sites is 1. The van der Waals surface area contributed by atoms with Crippen molar-refractivity contribution in [2.45, 2.75) is 19.4 Å². The van der Waals surface area contributed by atoms with Crippen molar-refractivity contribution in [2.24, 2.45) is 0 Å². The number of esters is 1. The number of benzene rings is 2. The second-order valence-corrected chi connectivity index (χ2v) is 6.55. The Morgan fingerprint density at radius 1 is 1.15 bits per heavy atom. The van der Waals surface area contributed by atoms with Gasteiger partial charge in [-0.2, -0.15) is 0 Å². The van der Waals surface area contributed by atoms with Gasteiger partial charge < -0.3 is 20.3 Å². The zero-order valence-electron chi connectivity index (χ0n) is 14.5. The highest BCUT2D eigenvalue weighted by molar-refractivity contribution is 5.96. The van der Waals surface area contributed by atoms with Crippen molar-refractivity contribution < 1.29 is 14.3 Å². The van der Waals surface area contributed by atoms with Crippen molar-refractivity contribution in [3.05, 3.63) is 59.2 Å². The molecule has 2 aromatic carbocycles. The van der Waals surface area contributed by atoms with E-state index in [-0.39, 0.29) is 12.0 Å². The van der Waals surface area contributed by atoms with Crippen molar-refractivity contribution in [1.82, 2.24) is 5.32 Å². The topological polar surface area (TPSA) is 70.7 Å². The Bertz CT molecular complexity index is 850. The first-order chi connectivity index (χ1) is 12.7. The molecule has 6 nitrogen and oxygen atoms in total. The lowest BCUT2D eigenvalue weighted by Crippen LogP contribution is -2.39. The van der Waals surface area contributed by atoms with Gasteiger partial charge in [0.2, 0.25) is 0 Å². The molecule has 2 aliphatic heterocycles. The number of cyclic esters (lactones) is 1. The van der Waals surface area contributed by atoms with E-state index >= 15 is 0 Å². The molecule has 0 aliphatic carbocycles. The van der Waals surface area contributed by atoms with Gasteiger partial charge in [0.25, 0.3) is 0 Å². The molecule has 134 valence electrons. The minimum Gasteiger partial charge on any atom is -0.457 e. The van der Waals surface area contributed by atoms with Crippen molar-refractivity contribution in [3.63, 3.8) is 0 Å². The lowest BCUT2D eigenvalue weighted by Gasteiger charge is -2.31. The third kappa shape index (κ3) is 3.35. The predicted octanol–water partition coefficient (Wildman–Crippen LogP) is 2.93. The van der Waals surface area contributed by atoms with E-state index in [0.29, 0.717) is 24.4 Å². The minimum absolute atomic E-state index is 0.276. The van der Waals surface area contributed by atoms with Crippen molar-refractivity contribution in [1.29, 1.82) is 0 Å². The SMILES string of the molecule is O=C(NCCN1CCCc2ccccc21)Nc1ccc2c(c1)C(=O)OC2. The molecule has 0 saturated heterocycles. The van der Waals surface area contributed by atoms with Gasteiger partial charge in [-0.15, -0.1) is 0 Å². The number of nitrogens with one attached hydrogen (secondary N) is 2. The van der Waals surface area contributed by atoms with Crippen LogP contribution in [0.2, 0.25) is 0 Å². The number of hydrogen-bond acceptors (Lipinski definition) is 4. The third-order valence-electron chi connectivity index (χ3n) is 4.82. The van der Waals surface area contributed by atoms with Crippen LogP contribution in [0.1, 0.15) is 27.9 Å². The van der Waals surface area contributed by atoms with E-state index in [0.717, 1.165) is 31.5 Å². The van der Waals surface area contributed by atoms with Crippen molar-refractivity contribution >= 4 is 23.4 Å². The smallest absolute Gasteiger partial charge is 0.338 e. The molecule has 2 heterocycles. The molecule has 2 aliphatic rings. The number of ether oxygens (including phenoxy) is 1. The normalized spacial score (nSPS) is 15.1. The van der Waals surface area contributed by atoms with Gasteiger partial charge in [0.15, 0.2) is 0 Å². The average molecular weight is 351 g/mol. The van der Waals surface area contributed by atoms with E-state index in [9.17, 15) is 9.59 Å². The lowest BCUT2D eigenvalue weighted by atomic mass is 10.0. The van der Waals surface area contributed by atoms with Gasteiger partial charge in [0, 0.05) is 36.6 Å². The van der Waals surface area contributed by atoms with E-state index in [4.69, 9.17) is 4.74 Å². The number of carbonyl (C=O) groups excluding carboxylic acids is 2. The Morgan fingerprint density at radius 3 is 2.96 bits per heavy atom. The van der Waals surface area contributed by atoms with Gasteiger partial charge in [-0.05, 0) is 36.6 Å². The summed E-state index contributed by atoms with van der Waals surface area (Å²) in [5.74, 6) is -0.340. The molecule has 0 spiro atoms. The maximum atomic E-state index is 12.1. The number of urea groups is 1. The summed E-state index contributed by atoms with van der Waals surface area (Å²) in [6.45, 7) is 2.62. The van der Waals surface area contributed by atoms with Crippen LogP contribution in [0, 0.1) is 0 Å². The van der Waals surface area contributed by atoms with Crippen LogP contribution in [-0.4, -0.2) is 31.6 Å². The summed E-state index contributed by atoms with van der Waals surface area (Å²) in [5, 5.41) is 5.65. The molecule has 0 atom stereocenters. The number of carbonyl (C=O) groups is 2. The Morgan fingerprint density at radius 2 is 2.04 bits per heavy atom. The number of amides is 2. The highest BCUT2D eigenvalue weighted by Crippen LogP contribution is 2.26. The zero-order chi connectivity index (χ0) is 17.9. The summed E-state index contributed by atoms with van der Waals surface area (Å²) < 4.78 is 4.97. The summed E-state index contributed by atoms with van der Waals surface area (Å²) >= 11 is 0. The molecule has 2 N–H and O–H groups in total. The van der Waals surface area contributed by atoms with Crippen LogP contribution < -0.4 is 15.5 Å². The van der Waals surface area contributed by atoms with E-state index in [1.54, 1.807) is 18.2 Å². The molecule has 0 bridgehead atoms. The maximum absolute atomic E-state index is 12.1. The number of fused-ring (bicyclic) bond motifs is 2. The largest absolute Gasteiger partial charge is 0.457 e. The zero-order valence-corrected chi connectivity index (χ0v) is 14.5. The molecule has 4 rings (SSSR count). The van der Waals surface area contributed by atoms with Gasteiger partial charge in [0.1, 0.15) is 6.61 Å². The van der Waals surface area contributed by atoms with Crippen LogP contribution in [0.15, 0.2) is 42.5 Å². The van der Waals surface area contributed by atoms with Crippen LogP contribution in [-0.2, 0) is 17.8 Å². The molecular formula is C20H21N3O3. The monoisotopic (exact) mass is 351 g/mol. The first kappa shape index (κ1) is 16.4. The van der Waals surface area contributed by atoms with Crippen molar-refractivity contribution in [2.75, 3.05) is 29.9 Å². The van der Waals surface area contributed by atoms with Crippen LogP contribution in [0.5, 0.6) is 0 Å². The molecule has 0 radical (unpaired) electrons. The Kier molecular flexibility index (Phi) is 4.48. The number of rotatable bonds is 4. The second kappa shape index (κ2) is 7.07. The van der Waals surface area contributed by atoms with E-state index in [1.807, 2.05) is 0 Å². The fourth-order valence-corrected chi connectivity index (χ4v) is 3.51. The van der Waals surface area contributed by atoms with Crippen LogP contribution >= 0.6 is 0 Å². The standard InChI is InChI=1S/C20H21N3O3/c24-19-17-12-16(8-7-15(17)13-26-19)22-20(25)21-9-11-23-10-3-5-14-4-1-2-6-18(14)23/h1-2,4,6-8,12H,3,5,9-11,13H2,(H2,21,22,25). The molecule has 0 aromatic heterocycles. The summed E-state index contributed by atoms with van der Waals surface area (Å²) in [6.07, 6.45) is 2.25. The first-order valence-electron chi connectivity index (χ1n) is 8.88. The van der Waals surface area contributed by atoms with Crippen LogP contribution in [0.25, 0.3) is 0 Å². The van der Waals surface area contributed by atoms with E-state index in [2.05, 4.69) is 39.8 Å². The van der Waals surface area contributed by atoms with Crippen LogP contribution in [0.3, 0.4) is 0 Å². The predicted molar refractivity (Wildman–Crippen MR) is 99.6 cm³/mol. The number of anilines is 2. The van der Waals surface area contributed by atoms with Crippen molar-refractivity contribution in [3.8, 4) is 0 Å². The van der Waals surface area contributed by atoms with Gasteiger partial charge in [-0.25, -0.2) is 9.59 Å². The third-order valence-corrected chi connectivity index (χ3v) is 4.82. The lowest BCUT2D eigenvalue weighted by molar-refractivity contribution is 0.0535. The van der Waals surface area contributed by atoms with Gasteiger partial charge >= 0.3 is 12.0 Å². The van der Waals surface area contributed by atoms with E-state index < -0.39 is 0 Å². The molecule has 2 aromatic rings. The summed E-state index contributed by atoms with van der Waals surface area (Å²) in [7, 11) is 0. The van der Waals surface area contributed by atoms with Gasteiger partial charge in [-0.1, -0.05) is 24.3 Å². The molecular weight excluding hydrogens is 330 g/mol. The number of hydrogen-bond donors (Lipinski definition) is 2. The fourth-order valence-electron chi connectivity index (χ4n) is 3.51. The number of aryl methyl sites for hydroxylation is 1. The number of nitrogens with zero attached hydrogens (tertiary/aromatic N) is 1. The van der Waals surface area contributed by atoms with E-state index in [1.165, 1.54) is 11.3 Å². The first-order valence-corrected chi connectivity index (χ1v) is 8.88. The fraction of sp³-hybridized carbons (Fsp3) is 0.300. The Hall–Kier alpha value is -3.02. The summed E-state index contributed by atoms with van der Waals surface area (Å²) in [6, 6.07) is 13.4. The summed E-state index contributed by atoms with van der Waals surface area (Å²) in [5.41, 5.74) is 4.59. The van der Waals surface area contributed by atoms with Gasteiger partial charge in [-0.3, -0.25) is 0 Å². The minimum atomic E-state index is -0.340. The molecule has 26 heavy (non-hydrogen) atoms. The average Bonchev–Trinajstić information content (AvgIpc) is 3.02. The molecule has 6 heteroatoms. The second-order valence-electron chi connectivity index (χ2n) is 6.55. The molecule has 0 fully saturated rings. The quantitative estimate of drug-likeness (QED) is 0.831. The van der Waals surface area contributed by atoms with Gasteiger partial charge in [0.05, 0.1) is 5.56 Å². The van der Waals surface area contributed by atoms with Crippen LogP contribution in [0.4, 0.5) is 16.2 Å². The Labute approximate surface area is 152 Å². The highest BCUT2D eigenvalue weighted by atomic mass is 16.5.